The third-order valence-corrected chi connectivity index (χ3v) is 2.50. The largest absolute Gasteiger partial charge is 0.397 e. The van der Waals surface area contributed by atoms with Crippen molar-refractivity contribution in [2.24, 2.45) is 0 Å². The first-order valence-electron chi connectivity index (χ1n) is 4.90. The molecule has 0 atom stereocenters. The number of halogens is 1. The first kappa shape index (κ1) is 10.8. The number of nitrogens with zero attached hydrogens (tertiary/aromatic N) is 1. The smallest absolute Gasteiger partial charge is 0.130 e. The third-order valence-electron chi connectivity index (χ3n) is 2.17. The lowest BCUT2D eigenvalue weighted by molar-refractivity contribution is 1.31. The van der Waals surface area contributed by atoms with E-state index in [1.807, 2.05) is 31.2 Å². The van der Waals surface area contributed by atoms with Crippen LogP contribution in [-0.4, -0.2) is 4.98 Å². The Hall–Kier alpha value is -1.74. The number of nitrogen functional groups attached to an aromatic ring is 1. The minimum atomic E-state index is 0.640. The van der Waals surface area contributed by atoms with E-state index in [-0.39, 0.29) is 0 Å². The van der Waals surface area contributed by atoms with E-state index in [1.165, 1.54) is 0 Å². The zero-order chi connectivity index (χ0) is 11.5. The average molecular weight is 234 g/mol. The Morgan fingerprint density at radius 1 is 1.25 bits per heavy atom. The maximum atomic E-state index is 6.06. The molecule has 2 aromatic rings. The van der Waals surface area contributed by atoms with E-state index in [0.717, 1.165) is 17.1 Å². The standard InChI is InChI=1S/C12H12ClN3/c1-8-2-4-10(13)11(6-8)16-12-5-3-9(14)7-15-12/h2-7H,14H2,1H3,(H,15,16). The van der Waals surface area contributed by atoms with E-state index in [9.17, 15) is 0 Å². The number of nitrogens with one attached hydrogen (secondary N) is 1. The normalized spacial score (nSPS) is 10.1. The Bertz CT molecular complexity index is 494. The Kier molecular flexibility index (Phi) is 2.97. The summed E-state index contributed by atoms with van der Waals surface area (Å²) >= 11 is 6.06. The minimum Gasteiger partial charge on any atom is -0.397 e. The molecule has 2 rings (SSSR count). The van der Waals surface area contributed by atoms with Crippen molar-refractivity contribution in [3.63, 3.8) is 0 Å². The van der Waals surface area contributed by atoms with Gasteiger partial charge in [-0.25, -0.2) is 4.98 Å². The van der Waals surface area contributed by atoms with Crippen LogP contribution in [0.15, 0.2) is 36.5 Å². The maximum absolute atomic E-state index is 6.06. The van der Waals surface area contributed by atoms with E-state index in [2.05, 4.69) is 10.3 Å². The van der Waals surface area contributed by atoms with Crippen LogP contribution in [0.1, 0.15) is 5.56 Å². The highest BCUT2D eigenvalue weighted by atomic mass is 35.5. The van der Waals surface area contributed by atoms with Crippen LogP contribution < -0.4 is 11.1 Å². The molecule has 0 spiro atoms. The van der Waals surface area contributed by atoms with Gasteiger partial charge >= 0.3 is 0 Å². The van der Waals surface area contributed by atoms with Gasteiger partial charge in [0.2, 0.25) is 0 Å². The van der Waals surface area contributed by atoms with Crippen molar-refractivity contribution >= 4 is 28.8 Å². The Morgan fingerprint density at radius 3 is 2.75 bits per heavy atom. The summed E-state index contributed by atoms with van der Waals surface area (Å²) in [5.74, 6) is 0.724. The molecule has 1 heterocycles. The number of pyridine rings is 1. The Labute approximate surface area is 99.3 Å². The molecule has 3 nitrogen and oxygen atoms in total. The zero-order valence-electron chi connectivity index (χ0n) is 8.87. The molecule has 0 amide bonds. The van der Waals surface area contributed by atoms with Crippen LogP contribution in [0.5, 0.6) is 0 Å². The molecular formula is C12H12ClN3. The summed E-state index contributed by atoms with van der Waals surface area (Å²) in [4.78, 5) is 4.15. The molecule has 0 bridgehead atoms. The second-order valence-electron chi connectivity index (χ2n) is 3.59. The summed E-state index contributed by atoms with van der Waals surface area (Å²) in [5, 5.41) is 3.81. The fourth-order valence-corrected chi connectivity index (χ4v) is 1.52. The van der Waals surface area contributed by atoms with Gasteiger partial charge in [-0.15, -0.1) is 0 Å². The highest BCUT2D eigenvalue weighted by molar-refractivity contribution is 6.33. The lowest BCUT2D eigenvalue weighted by atomic mass is 10.2. The Balaban J connectivity index is 2.26. The summed E-state index contributed by atoms with van der Waals surface area (Å²) in [7, 11) is 0. The van der Waals surface area contributed by atoms with Crippen molar-refractivity contribution in [1.29, 1.82) is 0 Å². The van der Waals surface area contributed by atoms with Gasteiger partial charge in [0, 0.05) is 0 Å². The van der Waals surface area contributed by atoms with Crippen molar-refractivity contribution in [3.8, 4) is 0 Å². The number of benzene rings is 1. The molecule has 1 aromatic carbocycles. The van der Waals surface area contributed by atoms with Crippen LogP contribution in [0, 0.1) is 6.92 Å². The van der Waals surface area contributed by atoms with Gasteiger partial charge in [0.15, 0.2) is 0 Å². The predicted octanol–water partition coefficient (Wildman–Crippen LogP) is 3.37. The molecular weight excluding hydrogens is 222 g/mol. The van der Waals surface area contributed by atoms with Crippen LogP contribution in [0.3, 0.4) is 0 Å². The first-order valence-corrected chi connectivity index (χ1v) is 5.27. The van der Waals surface area contributed by atoms with Gasteiger partial charge < -0.3 is 11.1 Å². The predicted molar refractivity (Wildman–Crippen MR) is 68.1 cm³/mol. The van der Waals surface area contributed by atoms with Gasteiger partial charge in [0.05, 0.1) is 22.6 Å². The third kappa shape index (κ3) is 2.44. The van der Waals surface area contributed by atoms with Gasteiger partial charge in [-0.2, -0.15) is 0 Å². The van der Waals surface area contributed by atoms with Gasteiger partial charge in [0.1, 0.15) is 5.82 Å². The summed E-state index contributed by atoms with van der Waals surface area (Å²) < 4.78 is 0. The quantitative estimate of drug-likeness (QED) is 0.836. The summed E-state index contributed by atoms with van der Waals surface area (Å²) in [6, 6.07) is 9.40. The van der Waals surface area contributed by atoms with E-state index in [0.29, 0.717) is 10.7 Å². The van der Waals surface area contributed by atoms with Crippen molar-refractivity contribution < 1.29 is 0 Å². The van der Waals surface area contributed by atoms with E-state index in [4.69, 9.17) is 17.3 Å². The monoisotopic (exact) mass is 233 g/mol. The molecule has 0 aliphatic rings. The lowest BCUT2D eigenvalue weighted by Crippen LogP contribution is -1.95. The number of nitrogens with two attached hydrogens (primary N) is 1. The molecule has 0 aliphatic carbocycles. The molecule has 0 saturated heterocycles. The molecule has 1 aromatic heterocycles. The summed E-state index contributed by atoms with van der Waals surface area (Å²) in [6.45, 7) is 2.01. The van der Waals surface area contributed by atoms with Crippen LogP contribution in [-0.2, 0) is 0 Å². The van der Waals surface area contributed by atoms with Crippen molar-refractivity contribution in [1.82, 2.24) is 4.98 Å². The molecule has 0 aliphatic heterocycles. The van der Waals surface area contributed by atoms with Crippen LogP contribution in [0.25, 0.3) is 0 Å². The molecule has 0 unspecified atom stereocenters. The second kappa shape index (κ2) is 4.41. The van der Waals surface area contributed by atoms with Crippen LogP contribution in [0.4, 0.5) is 17.2 Å². The summed E-state index contributed by atoms with van der Waals surface area (Å²) in [5.41, 5.74) is 8.18. The van der Waals surface area contributed by atoms with Gasteiger partial charge in [-0.3, -0.25) is 0 Å². The molecule has 4 heteroatoms. The van der Waals surface area contributed by atoms with Gasteiger partial charge in [-0.05, 0) is 36.8 Å². The number of aryl methyl sites for hydroxylation is 1. The number of aromatic nitrogens is 1. The Morgan fingerprint density at radius 2 is 2.06 bits per heavy atom. The van der Waals surface area contributed by atoms with E-state index < -0.39 is 0 Å². The SMILES string of the molecule is Cc1ccc(Cl)c(Nc2ccc(N)cn2)c1. The van der Waals surface area contributed by atoms with Crippen molar-refractivity contribution in [2.75, 3.05) is 11.1 Å². The van der Waals surface area contributed by atoms with Gasteiger partial charge in [0.25, 0.3) is 0 Å². The number of hydrogen-bond donors (Lipinski definition) is 2. The fourth-order valence-electron chi connectivity index (χ4n) is 1.35. The lowest BCUT2D eigenvalue weighted by Gasteiger charge is -2.08. The van der Waals surface area contributed by atoms with Crippen LogP contribution in [0.2, 0.25) is 5.02 Å². The molecule has 0 saturated carbocycles. The summed E-state index contributed by atoms with van der Waals surface area (Å²) in [6.07, 6.45) is 1.60. The number of rotatable bonds is 2. The van der Waals surface area contributed by atoms with Crippen LogP contribution >= 0.6 is 11.6 Å². The molecule has 16 heavy (non-hydrogen) atoms. The fraction of sp³-hybridized carbons (Fsp3) is 0.0833. The maximum Gasteiger partial charge on any atom is 0.130 e. The first-order chi connectivity index (χ1) is 7.65. The molecule has 3 N–H and O–H groups in total. The van der Waals surface area contributed by atoms with E-state index >= 15 is 0 Å². The number of hydrogen-bond acceptors (Lipinski definition) is 3. The van der Waals surface area contributed by atoms with Gasteiger partial charge in [-0.1, -0.05) is 17.7 Å². The molecule has 82 valence electrons. The minimum absolute atomic E-state index is 0.640. The molecule has 0 radical (unpaired) electrons. The van der Waals surface area contributed by atoms with Crippen molar-refractivity contribution in [2.45, 2.75) is 6.92 Å². The molecule has 0 fully saturated rings. The van der Waals surface area contributed by atoms with Crippen molar-refractivity contribution in [3.05, 3.63) is 47.1 Å². The number of anilines is 3. The van der Waals surface area contributed by atoms with E-state index in [1.54, 1.807) is 12.3 Å². The second-order valence-corrected chi connectivity index (χ2v) is 3.99. The highest BCUT2D eigenvalue weighted by Gasteiger charge is 2.01. The topological polar surface area (TPSA) is 50.9 Å². The zero-order valence-corrected chi connectivity index (χ0v) is 9.62. The highest BCUT2D eigenvalue weighted by Crippen LogP contribution is 2.25. The average Bonchev–Trinajstić information content (AvgIpc) is 2.27.